The summed E-state index contributed by atoms with van der Waals surface area (Å²) in [5.41, 5.74) is 7.03. The maximum absolute atomic E-state index is 12.4. The van der Waals surface area contributed by atoms with E-state index in [4.69, 9.17) is 26.3 Å². The fourth-order valence-electron chi connectivity index (χ4n) is 2.17. The van der Waals surface area contributed by atoms with Gasteiger partial charge < -0.3 is 20.0 Å². The Kier molecular flexibility index (Phi) is 4.08. The lowest BCUT2D eigenvalue weighted by molar-refractivity contribution is 0.0952. The number of furan rings is 1. The molecule has 3 aromatic rings. The van der Waals surface area contributed by atoms with E-state index in [-0.39, 0.29) is 17.1 Å². The summed E-state index contributed by atoms with van der Waals surface area (Å²) in [6.07, 6.45) is 0. The van der Waals surface area contributed by atoms with Crippen molar-refractivity contribution < 1.29 is 13.7 Å². The molecule has 0 unspecified atom stereocenters. The van der Waals surface area contributed by atoms with E-state index < -0.39 is 5.91 Å². The molecule has 0 saturated heterocycles. The Morgan fingerprint density at radius 2 is 2.17 bits per heavy atom. The molecule has 0 radical (unpaired) electrons. The van der Waals surface area contributed by atoms with Gasteiger partial charge in [0.1, 0.15) is 11.3 Å². The number of amides is 1. The minimum absolute atomic E-state index is 0.0577. The maximum atomic E-state index is 12.4. The van der Waals surface area contributed by atoms with Crippen LogP contribution in [0.4, 0.5) is 5.88 Å². The van der Waals surface area contributed by atoms with Crippen molar-refractivity contribution in [1.82, 2.24) is 10.5 Å². The number of hydrogen-bond acceptors (Lipinski definition) is 5. The summed E-state index contributed by atoms with van der Waals surface area (Å²) in [5.74, 6) is 0.674. The highest BCUT2D eigenvalue weighted by molar-refractivity contribution is 6.30. The number of carbonyl (C=O) groups excluding carboxylic acids is 1. The molecule has 6 nitrogen and oxygen atoms in total. The Hall–Kier alpha value is -2.73. The summed E-state index contributed by atoms with van der Waals surface area (Å²) in [6.45, 7) is 2.10. The zero-order valence-corrected chi connectivity index (χ0v) is 13.1. The van der Waals surface area contributed by atoms with E-state index >= 15 is 0 Å². The van der Waals surface area contributed by atoms with Crippen LogP contribution in [0.3, 0.4) is 0 Å². The van der Waals surface area contributed by atoms with E-state index in [0.717, 1.165) is 5.56 Å². The molecule has 0 bridgehead atoms. The van der Waals surface area contributed by atoms with Gasteiger partial charge in [0.2, 0.25) is 5.88 Å². The van der Waals surface area contributed by atoms with Crippen LogP contribution in [0.5, 0.6) is 0 Å². The lowest BCUT2D eigenvalue weighted by Gasteiger charge is -2.05. The number of aryl methyl sites for hydroxylation is 1. The van der Waals surface area contributed by atoms with Gasteiger partial charge in [-0.1, -0.05) is 28.9 Å². The molecule has 0 saturated carbocycles. The van der Waals surface area contributed by atoms with Gasteiger partial charge in [-0.25, -0.2) is 0 Å². The zero-order chi connectivity index (χ0) is 16.4. The summed E-state index contributed by atoms with van der Waals surface area (Å²) >= 11 is 5.92. The molecule has 2 heterocycles. The van der Waals surface area contributed by atoms with Crippen LogP contribution in [-0.2, 0) is 6.54 Å². The van der Waals surface area contributed by atoms with Crippen LogP contribution in [0.1, 0.15) is 21.7 Å². The second-order valence-electron chi connectivity index (χ2n) is 4.99. The third-order valence-electron chi connectivity index (χ3n) is 3.26. The number of rotatable bonds is 4. The van der Waals surface area contributed by atoms with E-state index in [1.165, 1.54) is 0 Å². The van der Waals surface area contributed by atoms with Gasteiger partial charge in [0.05, 0.1) is 0 Å². The van der Waals surface area contributed by atoms with Crippen molar-refractivity contribution in [3.8, 4) is 11.5 Å². The number of hydrogen-bond donors (Lipinski definition) is 2. The minimum Gasteiger partial charge on any atom is -0.460 e. The lowest BCUT2D eigenvalue weighted by atomic mass is 10.1. The van der Waals surface area contributed by atoms with E-state index in [0.29, 0.717) is 23.1 Å². The molecule has 0 spiro atoms. The third-order valence-corrected chi connectivity index (χ3v) is 3.50. The first-order valence-corrected chi connectivity index (χ1v) is 7.27. The van der Waals surface area contributed by atoms with Gasteiger partial charge in [-0.15, -0.1) is 0 Å². The van der Waals surface area contributed by atoms with Crippen LogP contribution < -0.4 is 11.1 Å². The molecular formula is C16H14ClN3O3. The summed E-state index contributed by atoms with van der Waals surface area (Å²) < 4.78 is 10.4. The fourth-order valence-corrected chi connectivity index (χ4v) is 2.38. The quantitative estimate of drug-likeness (QED) is 0.764. The molecule has 118 valence electrons. The molecule has 23 heavy (non-hydrogen) atoms. The van der Waals surface area contributed by atoms with Crippen molar-refractivity contribution in [3.05, 3.63) is 58.3 Å². The normalized spacial score (nSPS) is 10.7. The Morgan fingerprint density at radius 1 is 1.35 bits per heavy atom. The number of halogens is 1. The minimum atomic E-state index is -0.396. The number of nitrogens with two attached hydrogens (primary N) is 1. The van der Waals surface area contributed by atoms with Crippen molar-refractivity contribution in [2.75, 3.05) is 5.73 Å². The number of benzene rings is 1. The molecule has 0 aliphatic rings. The number of nitrogen functional groups attached to an aromatic ring is 1. The number of nitrogens with zero attached hydrogens (tertiary/aromatic N) is 1. The molecule has 0 fully saturated rings. The predicted octanol–water partition coefficient (Wildman–Crippen LogP) is 3.41. The Morgan fingerprint density at radius 3 is 2.87 bits per heavy atom. The van der Waals surface area contributed by atoms with E-state index in [1.54, 1.807) is 31.2 Å². The molecular weight excluding hydrogens is 318 g/mol. The van der Waals surface area contributed by atoms with Crippen LogP contribution in [0.2, 0.25) is 5.02 Å². The first kappa shape index (κ1) is 15.2. The highest BCUT2D eigenvalue weighted by Gasteiger charge is 2.24. The zero-order valence-electron chi connectivity index (χ0n) is 12.3. The number of nitrogens with one attached hydrogen (secondary N) is 1. The standard InChI is InChI=1S/C16H14ClN3O3/c1-9-5-6-12(22-9)14-13(15(18)23-20-14)16(21)19-8-10-3-2-4-11(17)7-10/h2-7H,8,18H2,1H3,(H,19,21). The highest BCUT2D eigenvalue weighted by Crippen LogP contribution is 2.28. The van der Waals surface area contributed by atoms with Gasteiger partial charge in [0.15, 0.2) is 11.5 Å². The van der Waals surface area contributed by atoms with Crippen LogP contribution in [0.25, 0.3) is 11.5 Å². The van der Waals surface area contributed by atoms with Crippen LogP contribution in [0.15, 0.2) is 45.3 Å². The van der Waals surface area contributed by atoms with Gasteiger partial charge in [0.25, 0.3) is 5.91 Å². The third kappa shape index (κ3) is 3.22. The van der Waals surface area contributed by atoms with Crippen molar-refractivity contribution in [1.29, 1.82) is 0 Å². The van der Waals surface area contributed by atoms with Crippen molar-refractivity contribution in [2.45, 2.75) is 13.5 Å². The predicted molar refractivity (Wildman–Crippen MR) is 86.0 cm³/mol. The molecule has 1 amide bonds. The average Bonchev–Trinajstić information content (AvgIpc) is 3.11. The van der Waals surface area contributed by atoms with Crippen molar-refractivity contribution >= 4 is 23.4 Å². The summed E-state index contributed by atoms with van der Waals surface area (Å²) in [5, 5.41) is 7.19. The first-order chi connectivity index (χ1) is 11.0. The largest absolute Gasteiger partial charge is 0.460 e. The first-order valence-electron chi connectivity index (χ1n) is 6.89. The molecule has 3 rings (SSSR count). The van der Waals surface area contributed by atoms with Crippen LogP contribution in [-0.4, -0.2) is 11.1 Å². The molecule has 3 N–H and O–H groups in total. The highest BCUT2D eigenvalue weighted by atomic mass is 35.5. The Bertz CT molecular complexity index is 854. The maximum Gasteiger partial charge on any atom is 0.259 e. The molecule has 2 aromatic heterocycles. The lowest BCUT2D eigenvalue weighted by Crippen LogP contribution is -2.23. The molecule has 0 atom stereocenters. The Balaban J connectivity index is 1.81. The van der Waals surface area contributed by atoms with Crippen LogP contribution >= 0.6 is 11.6 Å². The fraction of sp³-hybridized carbons (Fsp3) is 0.125. The summed E-state index contributed by atoms with van der Waals surface area (Å²) in [4.78, 5) is 12.4. The topological polar surface area (TPSA) is 94.3 Å². The monoisotopic (exact) mass is 331 g/mol. The Labute approximate surface area is 137 Å². The van der Waals surface area contributed by atoms with Gasteiger partial charge in [-0.05, 0) is 36.8 Å². The summed E-state index contributed by atoms with van der Waals surface area (Å²) in [7, 11) is 0. The van der Waals surface area contributed by atoms with Gasteiger partial charge in [-0.3, -0.25) is 4.79 Å². The molecule has 0 aliphatic carbocycles. The average molecular weight is 332 g/mol. The smallest absolute Gasteiger partial charge is 0.259 e. The number of carbonyl (C=O) groups is 1. The summed E-state index contributed by atoms with van der Waals surface area (Å²) in [6, 6.07) is 10.7. The van der Waals surface area contributed by atoms with E-state index in [2.05, 4.69) is 10.5 Å². The second kappa shape index (κ2) is 6.18. The van der Waals surface area contributed by atoms with Gasteiger partial charge in [-0.2, -0.15) is 0 Å². The number of anilines is 1. The van der Waals surface area contributed by atoms with Crippen LogP contribution in [0, 0.1) is 6.92 Å². The number of aromatic nitrogens is 1. The van der Waals surface area contributed by atoms with Crippen molar-refractivity contribution in [2.24, 2.45) is 0 Å². The molecule has 7 heteroatoms. The van der Waals surface area contributed by atoms with E-state index in [9.17, 15) is 4.79 Å². The SMILES string of the molecule is Cc1ccc(-c2noc(N)c2C(=O)NCc2cccc(Cl)c2)o1. The molecule has 1 aromatic carbocycles. The second-order valence-corrected chi connectivity index (χ2v) is 5.43. The molecule has 0 aliphatic heterocycles. The van der Waals surface area contributed by atoms with Crippen molar-refractivity contribution in [3.63, 3.8) is 0 Å². The van der Waals surface area contributed by atoms with Gasteiger partial charge >= 0.3 is 0 Å². The van der Waals surface area contributed by atoms with E-state index in [1.807, 2.05) is 12.1 Å². The van der Waals surface area contributed by atoms with Gasteiger partial charge in [0, 0.05) is 11.6 Å².